The molecule has 2 N–H and O–H groups in total. The maximum absolute atomic E-state index is 10.1. The van der Waals surface area contributed by atoms with Gasteiger partial charge in [0.1, 0.15) is 6.10 Å². The summed E-state index contributed by atoms with van der Waals surface area (Å²) in [5.41, 5.74) is 3.15. The second kappa shape index (κ2) is 5.13. The molecule has 0 spiro atoms. The second-order valence-corrected chi connectivity index (χ2v) is 4.80. The molecule has 16 heavy (non-hydrogen) atoms. The van der Waals surface area contributed by atoms with Crippen molar-refractivity contribution in [1.29, 1.82) is 0 Å². The summed E-state index contributed by atoms with van der Waals surface area (Å²) in [7, 11) is 0. The zero-order valence-electron chi connectivity index (χ0n) is 8.94. The molecule has 0 heterocycles. The number of benzene rings is 1. The zero-order chi connectivity index (χ0) is 11.5. The third-order valence-electron chi connectivity index (χ3n) is 2.96. The summed E-state index contributed by atoms with van der Waals surface area (Å²) in [6.45, 7) is 0. The number of aliphatic hydroxyl groups excluding tert-OH is 2. The van der Waals surface area contributed by atoms with Gasteiger partial charge in [-0.1, -0.05) is 46.3 Å². The van der Waals surface area contributed by atoms with E-state index in [1.165, 1.54) is 0 Å². The van der Waals surface area contributed by atoms with Gasteiger partial charge in [0, 0.05) is 5.33 Å². The molecule has 86 valence electrons. The third-order valence-corrected chi connectivity index (χ3v) is 3.41. The quantitative estimate of drug-likeness (QED) is 0.833. The maximum atomic E-state index is 10.1. The van der Waals surface area contributed by atoms with Gasteiger partial charge in [-0.2, -0.15) is 0 Å². The Hall–Kier alpha value is -0.640. The molecular formula is C13H15BrO2. The minimum atomic E-state index is -0.785. The smallest absolute Gasteiger partial charge is 0.105 e. The van der Waals surface area contributed by atoms with Crippen molar-refractivity contribution in [3.63, 3.8) is 0 Å². The van der Waals surface area contributed by atoms with Crippen molar-refractivity contribution < 1.29 is 10.2 Å². The molecule has 3 heteroatoms. The Morgan fingerprint density at radius 3 is 2.88 bits per heavy atom. The van der Waals surface area contributed by atoms with Crippen LogP contribution in [-0.4, -0.2) is 21.6 Å². The van der Waals surface area contributed by atoms with E-state index in [2.05, 4.69) is 28.1 Å². The van der Waals surface area contributed by atoms with Crippen molar-refractivity contribution in [3.05, 3.63) is 41.0 Å². The number of rotatable bonds is 4. The summed E-state index contributed by atoms with van der Waals surface area (Å²) in [5.74, 6) is 0. The molecule has 0 radical (unpaired) electrons. The number of hydrogen-bond donors (Lipinski definition) is 2. The molecule has 0 saturated heterocycles. The van der Waals surface area contributed by atoms with Crippen LogP contribution in [0.4, 0.5) is 0 Å². The van der Waals surface area contributed by atoms with Gasteiger partial charge in [-0.05, 0) is 29.5 Å². The summed E-state index contributed by atoms with van der Waals surface area (Å²) in [6, 6.07) is 5.85. The Morgan fingerprint density at radius 2 is 2.12 bits per heavy atom. The number of halogens is 1. The van der Waals surface area contributed by atoms with Crippen molar-refractivity contribution in [2.75, 3.05) is 5.33 Å². The van der Waals surface area contributed by atoms with Gasteiger partial charge in [0.25, 0.3) is 0 Å². The fraction of sp³-hybridized carbons (Fsp3) is 0.385. The van der Waals surface area contributed by atoms with E-state index in [-0.39, 0.29) is 0 Å². The number of fused-ring (bicyclic) bond motifs is 1. The van der Waals surface area contributed by atoms with Gasteiger partial charge in [-0.25, -0.2) is 0 Å². The average Bonchev–Trinajstić information content (AvgIpc) is 2.76. The predicted molar refractivity (Wildman–Crippen MR) is 68.6 cm³/mol. The first-order valence-corrected chi connectivity index (χ1v) is 6.56. The first kappa shape index (κ1) is 11.8. The highest BCUT2D eigenvalue weighted by Crippen LogP contribution is 2.29. The minimum Gasteiger partial charge on any atom is -0.390 e. The summed E-state index contributed by atoms with van der Waals surface area (Å²) < 4.78 is 0. The van der Waals surface area contributed by atoms with Gasteiger partial charge in [-0.3, -0.25) is 0 Å². The van der Waals surface area contributed by atoms with E-state index in [1.807, 2.05) is 18.2 Å². The molecule has 2 rings (SSSR count). The van der Waals surface area contributed by atoms with Gasteiger partial charge in [0.05, 0.1) is 6.10 Å². The van der Waals surface area contributed by atoms with Crippen LogP contribution < -0.4 is 0 Å². The first-order chi connectivity index (χ1) is 7.74. The van der Waals surface area contributed by atoms with E-state index in [4.69, 9.17) is 0 Å². The molecule has 1 aliphatic rings. The highest BCUT2D eigenvalue weighted by Gasteiger charge is 2.22. The lowest BCUT2D eigenvalue weighted by atomic mass is 9.95. The number of alkyl halides is 1. The number of allylic oxidation sites excluding steroid dienone is 1. The van der Waals surface area contributed by atoms with E-state index in [1.54, 1.807) is 0 Å². The molecule has 2 atom stereocenters. The van der Waals surface area contributed by atoms with Crippen LogP contribution in [0.25, 0.3) is 6.08 Å². The van der Waals surface area contributed by atoms with Gasteiger partial charge in [0.2, 0.25) is 0 Å². The van der Waals surface area contributed by atoms with Crippen molar-refractivity contribution in [2.45, 2.75) is 25.0 Å². The Labute approximate surface area is 104 Å². The third kappa shape index (κ3) is 2.21. The normalized spacial score (nSPS) is 17.2. The molecule has 2 unspecified atom stereocenters. The zero-order valence-corrected chi connectivity index (χ0v) is 10.5. The highest BCUT2D eigenvalue weighted by molar-refractivity contribution is 9.09. The molecule has 0 aromatic heterocycles. The van der Waals surface area contributed by atoms with Crippen LogP contribution in [-0.2, 0) is 6.42 Å². The van der Waals surface area contributed by atoms with E-state index < -0.39 is 12.2 Å². The van der Waals surface area contributed by atoms with Crippen LogP contribution in [0, 0.1) is 0 Å². The van der Waals surface area contributed by atoms with E-state index >= 15 is 0 Å². The van der Waals surface area contributed by atoms with Crippen molar-refractivity contribution in [2.24, 2.45) is 0 Å². The molecule has 1 aromatic rings. The minimum absolute atomic E-state index is 0.554. The summed E-state index contributed by atoms with van der Waals surface area (Å²) in [6.07, 6.45) is 4.06. The molecule has 0 fully saturated rings. The molecule has 0 saturated carbocycles. The van der Waals surface area contributed by atoms with Gasteiger partial charge in [0.15, 0.2) is 0 Å². The van der Waals surface area contributed by atoms with Gasteiger partial charge >= 0.3 is 0 Å². The predicted octanol–water partition coefficient (Wildman–Crippen LogP) is 2.44. The van der Waals surface area contributed by atoms with E-state index in [0.29, 0.717) is 11.8 Å². The highest BCUT2D eigenvalue weighted by atomic mass is 79.9. The van der Waals surface area contributed by atoms with E-state index in [0.717, 1.165) is 23.1 Å². The first-order valence-electron chi connectivity index (χ1n) is 5.44. The topological polar surface area (TPSA) is 40.5 Å². The molecule has 0 aliphatic heterocycles. The van der Waals surface area contributed by atoms with Crippen LogP contribution in [0.15, 0.2) is 24.3 Å². The molecule has 1 aliphatic carbocycles. The van der Waals surface area contributed by atoms with Crippen LogP contribution >= 0.6 is 15.9 Å². The van der Waals surface area contributed by atoms with Crippen molar-refractivity contribution in [3.8, 4) is 0 Å². The SMILES string of the molecule is OC(CCBr)C(O)c1cccc2c1CC=C2. The summed E-state index contributed by atoms with van der Waals surface area (Å²) in [5, 5.41) is 20.6. The summed E-state index contributed by atoms with van der Waals surface area (Å²) >= 11 is 3.27. The second-order valence-electron chi connectivity index (χ2n) is 4.01. The van der Waals surface area contributed by atoms with Crippen molar-refractivity contribution >= 4 is 22.0 Å². The van der Waals surface area contributed by atoms with E-state index in [9.17, 15) is 10.2 Å². The van der Waals surface area contributed by atoms with Crippen LogP contribution in [0.1, 0.15) is 29.2 Å². The lowest BCUT2D eigenvalue weighted by molar-refractivity contribution is 0.0169. The molecule has 0 amide bonds. The van der Waals surface area contributed by atoms with Gasteiger partial charge in [-0.15, -0.1) is 0 Å². The lowest BCUT2D eigenvalue weighted by Crippen LogP contribution is -2.19. The average molecular weight is 283 g/mol. The van der Waals surface area contributed by atoms with Crippen LogP contribution in [0.3, 0.4) is 0 Å². The Kier molecular flexibility index (Phi) is 3.79. The summed E-state index contributed by atoms with van der Waals surface area (Å²) in [4.78, 5) is 0. The van der Waals surface area contributed by atoms with Crippen molar-refractivity contribution in [1.82, 2.24) is 0 Å². The van der Waals surface area contributed by atoms with Crippen LogP contribution in [0.5, 0.6) is 0 Å². The Bertz CT molecular complexity index is 401. The molecule has 1 aromatic carbocycles. The maximum Gasteiger partial charge on any atom is 0.105 e. The van der Waals surface area contributed by atoms with Gasteiger partial charge < -0.3 is 10.2 Å². The fourth-order valence-corrected chi connectivity index (χ4v) is 2.54. The fourth-order valence-electron chi connectivity index (χ4n) is 2.07. The monoisotopic (exact) mass is 282 g/mol. The van der Waals surface area contributed by atoms with Crippen LogP contribution in [0.2, 0.25) is 0 Å². The Balaban J connectivity index is 2.25. The largest absolute Gasteiger partial charge is 0.390 e. The molecular weight excluding hydrogens is 268 g/mol. The molecule has 2 nitrogen and oxygen atoms in total. The molecule has 0 bridgehead atoms. The number of hydrogen-bond acceptors (Lipinski definition) is 2. The Morgan fingerprint density at radius 1 is 1.31 bits per heavy atom. The standard InChI is InChI=1S/C13H15BrO2/c14-8-7-12(15)13(16)11-6-2-4-9-3-1-5-10(9)11/h1-4,6,12-13,15-16H,5,7-8H2. The number of aliphatic hydroxyl groups is 2. The lowest BCUT2D eigenvalue weighted by Gasteiger charge is -2.20.